The van der Waals surface area contributed by atoms with Gasteiger partial charge >= 0.3 is 6.18 Å². The van der Waals surface area contributed by atoms with Gasteiger partial charge in [-0.25, -0.2) is 13.2 Å². The minimum Gasteiger partial charge on any atom is -0.206 e. The largest absolute Gasteiger partial charge is 0.458 e. The van der Waals surface area contributed by atoms with Crippen molar-refractivity contribution in [3.63, 3.8) is 0 Å². The van der Waals surface area contributed by atoms with Crippen LogP contribution in [-0.2, 0) is 0 Å². The van der Waals surface area contributed by atoms with Gasteiger partial charge in [-0.2, -0.15) is 13.2 Å². The lowest BCUT2D eigenvalue weighted by Crippen LogP contribution is -2.04. The number of alkyl halides is 3. The molecule has 0 nitrogen and oxygen atoms in total. The second-order valence-corrected chi connectivity index (χ2v) is 9.01. The Hall–Kier alpha value is -3.46. The van der Waals surface area contributed by atoms with Gasteiger partial charge in [0.15, 0.2) is 5.82 Å². The van der Waals surface area contributed by atoms with Crippen LogP contribution in [0.3, 0.4) is 0 Å². The molecule has 0 spiro atoms. The van der Waals surface area contributed by atoms with E-state index in [-0.39, 0.29) is 5.39 Å². The maximum Gasteiger partial charge on any atom is 0.458 e. The van der Waals surface area contributed by atoms with Crippen molar-refractivity contribution in [3.05, 3.63) is 83.2 Å². The second-order valence-electron chi connectivity index (χ2n) is 9.01. The van der Waals surface area contributed by atoms with Crippen LogP contribution in [0.1, 0.15) is 49.1 Å². The SMILES string of the molecule is Fc1cc2cc(-c3ccc4cc(C5CCCCC5)ccc4c3)cc(F)c2c(F)c1C#CC(F)(F)F. The zero-order chi connectivity index (χ0) is 24.7. The van der Waals surface area contributed by atoms with Gasteiger partial charge < -0.3 is 0 Å². The molecule has 0 unspecified atom stereocenters. The van der Waals surface area contributed by atoms with E-state index in [1.807, 2.05) is 24.3 Å². The average Bonchev–Trinajstić information content (AvgIpc) is 2.82. The number of hydrogen-bond acceptors (Lipinski definition) is 0. The van der Waals surface area contributed by atoms with Crippen molar-refractivity contribution in [2.24, 2.45) is 0 Å². The van der Waals surface area contributed by atoms with Crippen LogP contribution in [0.5, 0.6) is 0 Å². The third-order valence-electron chi connectivity index (χ3n) is 6.68. The van der Waals surface area contributed by atoms with E-state index in [0.29, 0.717) is 17.0 Å². The summed E-state index contributed by atoms with van der Waals surface area (Å²) in [6.07, 6.45) is 1.22. The molecule has 35 heavy (non-hydrogen) atoms. The van der Waals surface area contributed by atoms with Crippen molar-refractivity contribution in [1.82, 2.24) is 0 Å². The monoisotopic (exact) mass is 482 g/mol. The summed E-state index contributed by atoms with van der Waals surface area (Å²) >= 11 is 0. The van der Waals surface area contributed by atoms with Crippen LogP contribution in [0.4, 0.5) is 26.3 Å². The van der Waals surface area contributed by atoms with Crippen LogP contribution in [0.2, 0.25) is 0 Å². The summed E-state index contributed by atoms with van der Waals surface area (Å²) in [5.74, 6) is -0.891. The van der Waals surface area contributed by atoms with Gasteiger partial charge in [-0.05, 0) is 75.9 Å². The molecule has 1 aliphatic rings. The van der Waals surface area contributed by atoms with Crippen molar-refractivity contribution in [1.29, 1.82) is 0 Å². The topological polar surface area (TPSA) is 0 Å². The molecule has 1 aliphatic carbocycles. The smallest absolute Gasteiger partial charge is 0.206 e. The Balaban J connectivity index is 1.55. The molecule has 0 atom stereocenters. The molecular weight excluding hydrogens is 462 g/mol. The van der Waals surface area contributed by atoms with Gasteiger partial charge in [-0.1, -0.05) is 55.5 Å². The molecule has 178 valence electrons. The van der Waals surface area contributed by atoms with Crippen molar-refractivity contribution >= 4 is 21.5 Å². The van der Waals surface area contributed by atoms with Gasteiger partial charge in [0, 0.05) is 5.92 Å². The van der Waals surface area contributed by atoms with Gasteiger partial charge in [-0.3, -0.25) is 0 Å². The maximum atomic E-state index is 14.9. The highest BCUT2D eigenvalue weighted by molar-refractivity contribution is 5.92. The van der Waals surface area contributed by atoms with Crippen molar-refractivity contribution in [2.75, 3.05) is 0 Å². The normalized spacial score (nSPS) is 14.8. The molecule has 1 fully saturated rings. The van der Waals surface area contributed by atoms with E-state index in [1.54, 1.807) is 0 Å². The molecule has 4 aromatic carbocycles. The zero-order valence-electron chi connectivity index (χ0n) is 18.6. The first-order chi connectivity index (χ1) is 16.7. The first-order valence-corrected chi connectivity index (χ1v) is 11.4. The highest BCUT2D eigenvalue weighted by Crippen LogP contribution is 2.36. The summed E-state index contributed by atoms with van der Waals surface area (Å²) < 4.78 is 81.2. The molecule has 0 amide bonds. The van der Waals surface area contributed by atoms with Gasteiger partial charge in [-0.15, -0.1) is 0 Å². The van der Waals surface area contributed by atoms with Crippen LogP contribution < -0.4 is 0 Å². The number of halogens is 6. The lowest BCUT2D eigenvalue weighted by Gasteiger charge is -2.22. The Morgan fingerprint density at radius 2 is 1.37 bits per heavy atom. The maximum absolute atomic E-state index is 14.9. The fourth-order valence-corrected chi connectivity index (χ4v) is 4.96. The van der Waals surface area contributed by atoms with Crippen molar-refractivity contribution < 1.29 is 26.3 Å². The van der Waals surface area contributed by atoms with E-state index < -0.39 is 34.6 Å². The zero-order valence-corrected chi connectivity index (χ0v) is 18.6. The number of rotatable bonds is 2. The summed E-state index contributed by atoms with van der Waals surface area (Å²) in [6.45, 7) is 0. The van der Waals surface area contributed by atoms with Crippen molar-refractivity contribution in [3.8, 4) is 23.0 Å². The highest BCUT2D eigenvalue weighted by atomic mass is 19.4. The molecule has 0 N–H and O–H groups in total. The van der Waals surface area contributed by atoms with Crippen molar-refractivity contribution in [2.45, 2.75) is 44.2 Å². The minimum absolute atomic E-state index is 0.0969. The predicted molar refractivity (Wildman–Crippen MR) is 126 cm³/mol. The minimum atomic E-state index is -4.93. The molecule has 0 saturated heterocycles. The highest BCUT2D eigenvalue weighted by Gasteiger charge is 2.24. The van der Waals surface area contributed by atoms with Crippen LogP contribution >= 0.6 is 0 Å². The molecule has 6 heteroatoms. The summed E-state index contributed by atoms with van der Waals surface area (Å²) in [5.41, 5.74) is 1.27. The van der Waals surface area contributed by atoms with E-state index >= 15 is 0 Å². The third-order valence-corrected chi connectivity index (χ3v) is 6.68. The lowest BCUT2D eigenvalue weighted by molar-refractivity contribution is -0.0696. The molecule has 1 saturated carbocycles. The summed E-state index contributed by atoms with van der Waals surface area (Å²) in [4.78, 5) is 0. The third kappa shape index (κ3) is 4.73. The Kier molecular flexibility index (Phi) is 5.96. The van der Waals surface area contributed by atoms with E-state index in [0.717, 1.165) is 28.8 Å². The second kappa shape index (κ2) is 8.96. The fraction of sp³-hybridized carbons (Fsp3) is 0.241. The van der Waals surface area contributed by atoms with E-state index in [4.69, 9.17) is 0 Å². The van der Waals surface area contributed by atoms with Crippen LogP contribution in [0, 0.1) is 29.3 Å². The number of fused-ring (bicyclic) bond motifs is 2. The molecule has 0 radical (unpaired) electrons. The quantitative estimate of drug-likeness (QED) is 0.198. The predicted octanol–water partition coefficient (Wildman–Crippen LogP) is 9.04. The van der Waals surface area contributed by atoms with Crippen LogP contribution in [-0.4, -0.2) is 6.18 Å². The van der Waals surface area contributed by atoms with E-state index in [2.05, 4.69) is 12.1 Å². The van der Waals surface area contributed by atoms with Gasteiger partial charge in [0.1, 0.15) is 11.6 Å². The molecule has 5 rings (SSSR count). The Labute approximate surface area is 198 Å². The Morgan fingerprint density at radius 3 is 2.11 bits per heavy atom. The van der Waals surface area contributed by atoms with Crippen LogP contribution in [0.25, 0.3) is 32.7 Å². The molecule has 0 heterocycles. The lowest BCUT2D eigenvalue weighted by atomic mass is 9.83. The number of benzene rings is 4. The summed E-state index contributed by atoms with van der Waals surface area (Å²) in [5, 5.41) is 1.32. The van der Waals surface area contributed by atoms with Gasteiger partial charge in [0.25, 0.3) is 0 Å². The fourth-order valence-electron chi connectivity index (χ4n) is 4.96. The Morgan fingerprint density at radius 1 is 0.686 bits per heavy atom. The number of hydrogen-bond donors (Lipinski definition) is 0. The molecule has 4 aromatic rings. The summed E-state index contributed by atoms with van der Waals surface area (Å²) in [7, 11) is 0. The van der Waals surface area contributed by atoms with E-state index in [1.165, 1.54) is 49.7 Å². The molecular formula is C29H20F6. The molecule has 0 aliphatic heterocycles. The molecule has 0 aromatic heterocycles. The van der Waals surface area contributed by atoms with E-state index in [9.17, 15) is 26.3 Å². The van der Waals surface area contributed by atoms with Gasteiger partial charge in [0.2, 0.25) is 0 Å². The standard InChI is InChI=1S/C29H20F6/c30-25-16-23-14-22(15-26(31)27(23)28(32)24(25)10-11-29(33,34)35)21-9-8-19-12-18(6-7-20(19)13-21)17-4-2-1-3-5-17/h6-9,12-17H,1-5H2. The average molecular weight is 482 g/mol. The first-order valence-electron chi connectivity index (χ1n) is 11.4. The van der Waals surface area contributed by atoms with Gasteiger partial charge in [0.05, 0.1) is 10.9 Å². The summed E-state index contributed by atoms with van der Waals surface area (Å²) in [6, 6.07) is 15.3. The first kappa shape index (κ1) is 23.3. The Bertz CT molecular complexity index is 1500. The van der Waals surface area contributed by atoms with Crippen LogP contribution in [0.15, 0.2) is 54.6 Å². The molecule has 0 bridgehead atoms.